The number of hydrogen-bond acceptors (Lipinski definition) is 3. The molecule has 0 unspecified atom stereocenters. The smallest absolute Gasteiger partial charge is 0.227 e. The minimum atomic E-state index is -2.44. The van der Waals surface area contributed by atoms with E-state index in [0.717, 1.165) is 16.2 Å². The summed E-state index contributed by atoms with van der Waals surface area (Å²) in [4.78, 5) is 8.71. The molecule has 0 atom stereocenters. The molecule has 3 nitrogen and oxygen atoms in total. The standard InChI is InChI=1S/C29H22N2O/c1-17-7-9-21-14-22(11-10-20(21)13-17)26-15-27(30-16-18(26)2)25-6-4-5-23-24-12-8-19(3)31-29(24)32-28(23)25/h4-16H,1-3H3/i1D3,2D3,3D3. The highest BCUT2D eigenvalue weighted by molar-refractivity contribution is 6.08. The number of hydrogen-bond donors (Lipinski definition) is 0. The zero-order valence-corrected chi connectivity index (χ0v) is 16.8. The van der Waals surface area contributed by atoms with Crippen molar-refractivity contribution in [2.75, 3.05) is 0 Å². The number of nitrogens with zero attached hydrogens (tertiary/aromatic N) is 2. The fourth-order valence-electron chi connectivity index (χ4n) is 4.14. The van der Waals surface area contributed by atoms with Crippen LogP contribution in [-0.4, -0.2) is 9.97 Å². The van der Waals surface area contributed by atoms with Gasteiger partial charge in [-0.1, -0.05) is 48.0 Å². The highest BCUT2D eigenvalue weighted by Crippen LogP contribution is 2.36. The molecule has 0 saturated carbocycles. The molecule has 0 bridgehead atoms. The summed E-state index contributed by atoms with van der Waals surface area (Å²) < 4.78 is 76.5. The van der Waals surface area contributed by atoms with Gasteiger partial charge in [-0.3, -0.25) is 4.98 Å². The van der Waals surface area contributed by atoms with Crippen LogP contribution >= 0.6 is 0 Å². The van der Waals surface area contributed by atoms with E-state index in [-0.39, 0.29) is 22.5 Å². The lowest BCUT2D eigenvalue weighted by atomic mass is 9.96. The predicted octanol–water partition coefficient (Wildman–Crippen LogP) is 7.79. The van der Waals surface area contributed by atoms with Crippen molar-refractivity contribution < 1.29 is 16.8 Å². The molecular weight excluding hydrogens is 392 g/mol. The summed E-state index contributed by atoms with van der Waals surface area (Å²) in [6.07, 6.45) is 1.34. The van der Waals surface area contributed by atoms with Gasteiger partial charge in [0.2, 0.25) is 5.71 Å². The lowest BCUT2D eigenvalue weighted by molar-refractivity contribution is 0.653. The Bertz CT molecular complexity index is 1970. The van der Waals surface area contributed by atoms with E-state index in [2.05, 4.69) is 9.97 Å². The van der Waals surface area contributed by atoms with Crippen LogP contribution in [0.1, 0.15) is 29.2 Å². The summed E-state index contributed by atoms with van der Waals surface area (Å²) in [6, 6.07) is 20.5. The van der Waals surface area contributed by atoms with Crippen LogP contribution in [0.3, 0.4) is 0 Å². The number of rotatable bonds is 2. The first kappa shape index (κ1) is 11.6. The van der Waals surface area contributed by atoms with Crippen LogP contribution in [0.4, 0.5) is 0 Å². The molecular formula is C29H22N2O. The second kappa shape index (κ2) is 7.03. The van der Waals surface area contributed by atoms with Gasteiger partial charge >= 0.3 is 0 Å². The average Bonchev–Trinajstić information content (AvgIpc) is 3.29. The number of aryl methyl sites for hydroxylation is 3. The molecule has 0 spiro atoms. The van der Waals surface area contributed by atoms with Crippen LogP contribution in [-0.2, 0) is 0 Å². The summed E-state index contributed by atoms with van der Waals surface area (Å²) in [7, 11) is 0. The molecule has 3 aromatic carbocycles. The molecule has 154 valence electrons. The molecule has 0 saturated heterocycles. The van der Waals surface area contributed by atoms with Crippen molar-refractivity contribution >= 4 is 32.8 Å². The third-order valence-corrected chi connectivity index (χ3v) is 5.70. The first-order chi connectivity index (χ1) is 19.2. The van der Waals surface area contributed by atoms with Gasteiger partial charge in [-0.2, -0.15) is 0 Å². The Morgan fingerprint density at radius 3 is 2.62 bits per heavy atom. The number of benzene rings is 3. The van der Waals surface area contributed by atoms with Gasteiger partial charge in [0, 0.05) is 40.6 Å². The van der Waals surface area contributed by atoms with E-state index in [9.17, 15) is 0 Å². The Morgan fingerprint density at radius 2 is 1.72 bits per heavy atom. The number of fused-ring (bicyclic) bond motifs is 4. The summed E-state index contributed by atoms with van der Waals surface area (Å²) in [5, 5.41) is 2.87. The fourth-order valence-corrected chi connectivity index (χ4v) is 4.14. The summed E-state index contributed by atoms with van der Waals surface area (Å²) in [6.45, 7) is -7.06. The summed E-state index contributed by atoms with van der Waals surface area (Å²) in [5.41, 5.74) is 3.01. The maximum atomic E-state index is 8.13. The van der Waals surface area contributed by atoms with Gasteiger partial charge in [0.25, 0.3) is 0 Å². The number of aromatic nitrogens is 2. The van der Waals surface area contributed by atoms with E-state index in [1.807, 2.05) is 18.2 Å². The highest BCUT2D eigenvalue weighted by atomic mass is 16.3. The molecule has 0 fully saturated rings. The molecule has 6 aromatic rings. The summed E-state index contributed by atoms with van der Waals surface area (Å²) >= 11 is 0. The van der Waals surface area contributed by atoms with Gasteiger partial charge in [-0.25, -0.2) is 4.98 Å². The van der Waals surface area contributed by atoms with E-state index < -0.39 is 20.6 Å². The Balaban J connectivity index is 1.53. The molecule has 32 heavy (non-hydrogen) atoms. The molecule has 0 radical (unpaired) electrons. The molecule has 3 heterocycles. The Hall–Kier alpha value is -3.98. The first-order valence-electron chi connectivity index (χ1n) is 14.6. The molecule has 0 aliphatic heterocycles. The van der Waals surface area contributed by atoms with Crippen LogP contribution < -0.4 is 0 Å². The van der Waals surface area contributed by atoms with Gasteiger partial charge in [0.15, 0.2) is 0 Å². The van der Waals surface area contributed by atoms with Gasteiger partial charge in [-0.05, 0) is 78.4 Å². The van der Waals surface area contributed by atoms with Crippen molar-refractivity contribution in [3.8, 4) is 22.4 Å². The average molecular weight is 424 g/mol. The molecule has 0 N–H and O–H groups in total. The van der Waals surface area contributed by atoms with Crippen molar-refractivity contribution in [1.29, 1.82) is 0 Å². The minimum Gasteiger partial charge on any atom is -0.437 e. The van der Waals surface area contributed by atoms with Crippen LogP contribution in [0, 0.1) is 20.6 Å². The van der Waals surface area contributed by atoms with Gasteiger partial charge in [0.05, 0.1) is 5.69 Å². The van der Waals surface area contributed by atoms with Gasteiger partial charge in [-0.15, -0.1) is 0 Å². The van der Waals surface area contributed by atoms with Crippen LogP contribution in [0.25, 0.3) is 55.2 Å². The fraction of sp³-hybridized carbons (Fsp3) is 0.103. The lowest BCUT2D eigenvalue weighted by Gasteiger charge is -2.10. The van der Waals surface area contributed by atoms with Crippen molar-refractivity contribution in [2.45, 2.75) is 20.6 Å². The zero-order chi connectivity index (χ0) is 29.3. The number of para-hydroxylation sites is 1. The second-order valence-electron chi connectivity index (χ2n) is 7.73. The SMILES string of the molecule is [2H]C([2H])([2H])c1ccc2cc(-c3cc(-c4cccc5c4oc4nc(C([2H])([2H])[2H])ccc45)ncc3C([2H])([2H])[2H])ccc2c1. The van der Waals surface area contributed by atoms with E-state index >= 15 is 0 Å². The van der Waals surface area contributed by atoms with Crippen molar-refractivity contribution in [3.05, 3.63) is 95.8 Å². The lowest BCUT2D eigenvalue weighted by Crippen LogP contribution is -1.90. The van der Waals surface area contributed by atoms with E-state index in [1.54, 1.807) is 48.5 Å². The third-order valence-electron chi connectivity index (χ3n) is 5.70. The summed E-state index contributed by atoms with van der Waals surface area (Å²) in [5.74, 6) is 0. The predicted molar refractivity (Wildman–Crippen MR) is 132 cm³/mol. The molecule has 0 aliphatic rings. The maximum Gasteiger partial charge on any atom is 0.227 e. The third kappa shape index (κ3) is 2.97. The number of furan rings is 1. The van der Waals surface area contributed by atoms with Crippen LogP contribution in [0.15, 0.2) is 83.4 Å². The van der Waals surface area contributed by atoms with Crippen molar-refractivity contribution in [3.63, 3.8) is 0 Å². The molecule has 6 rings (SSSR count). The van der Waals surface area contributed by atoms with Crippen molar-refractivity contribution in [1.82, 2.24) is 9.97 Å². The quantitative estimate of drug-likeness (QED) is 0.285. The van der Waals surface area contributed by atoms with Gasteiger partial charge in [0.1, 0.15) is 5.58 Å². The molecule has 0 amide bonds. The molecule has 3 heteroatoms. The Labute approximate surface area is 199 Å². The normalized spacial score (nSPS) is 16.9. The largest absolute Gasteiger partial charge is 0.437 e. The van der Waals surface area contributed by atoms with Crippen LogP contribution in [0.2, 0.25) is 0 Å². The minimum absolute atomic E-state index is 0.0699. The number of pyridine rings is 2. The molecule has 3 aromatic heterocycles. The zero-order valence-electron chi connectivity index (χ0n) is 25.8. The topological polar surface area (TPSA) is 38.9 Å². The van der Waals surface area contributed by atoms with Crippen molar-refractivity contribution in [2.24, 2.45) is 0 Å². The molecule has 0 aliphatic carbocycles. The van der Waals surface area contributed by atoms with E-state index in [1.165, 1.54) is 12.3 Å². The monoisotopic (exact) mass is 423 g/mol. The first-order valence-corrected chi connectivity index (χ1v) is 10.1. The van der Waals surface area contributed by atoms with E-state index in [4.69, 9.17) is 16.8 Å². The Kier molecular flexibility index (Phi) is 2.54. The second-order valence-corrected chi connectivity index (χ2v) is 7.73. The Morgan fingerprint density at radius 1 is 0.781 bits per heavy atom. The highest BCUT2D eigenvalue weighted by Gasteiger charge is 2.15. The van der Waals surface area contributed by atoms with Gasteiger partial charge < -0.3 is 4.42 Å². The van der Waals surface area contributed by atoms with Crippen LogP contribution in [0.5, 0.6) is 0 Å². The maximum absolute atomic E-state index is 8.13. The van der Waals surface area contributed by atoms with E-state index in [0.29, 0.717) is 33.4 Å².